The molecule has 8 nitrogen and oxygen atoms in total. The highest BCUT2D eigenvalue weighted by Crippen LogP contribution is 2.22. The van der Waals surface area contributed by atoms with Gasteiger partial charge in [0.1, 0.15) is 11.3 Å². The number of nitrogens with one attached hydrogen (secondary N) is 2. The fraction of sp³-hybridized carbons (Fsp3) is 0.176. The van der Waals surface area contributed by atoms with Crippen LogP contribution >= 0.6 is 11.6 Å². The molecule has 2 amide bonds. The summed E-state index contributed by atoms with van der Waals surface area (Å²) in [5.74, 6) is -0.930. The van der Waals surface area contributed by atoms with E-state index in [0.29, 0.717) is 5.75 Å². The van der Waals surface area contributed by atoms with Gasteiger partial charge in [0.2, 0.25) is 0 Å². The van der Waals surface area contributed by atoms with Crippen LogP contribution in [0.25, 0.3) is 0 Å². The van der Waals surface area contributed by atoms with E-state index in [1.54, 1.807) is 6.07 Å². The molecule has 0 unspecified atom stereocenters. The topological polar surface area (TPSA) is 111 Å². The van der Waals surface area contributed by atoms with Gasteiger partial charge in [0.15, 0.2) is 6.61 Å². The van der Waals surface area contributed by atoms with Crippen LogP contribution in [0.2, 0.25) is 5.02 Å². The van der Waals surface area contributed by atoms with Crippen molar-refractivity contribution >= 4 is 29.1 Å². The second-order valence-electron chi connectivity index (χ2n) is 5.48. The monoisotopic (exact) mass is 377 g/mol. The third-order valence-corrected chi connectivity index (χ3v) is 3.65. The van der Waals surface area contributed by atoms with Gasteiger partial charge in [0.25, 0.3) is 17.5 Å². The van der Waals surface area contributed by atoms with Crippen LogP contribution in [0.4, 0.5) is 5.69 Å². The lowest BCUT2D eigenvalue weighted by molar-refractivity contribution is -0.385. The van der Waals surface area contributed by atoms with Crippen LogP contribution < -0.4 is 15.6 Å². The van der Waals surface area contributed by atoms with Crippen LogP contribution in [0.5, 0.6) is 5.75 Å². The third kappa shape index (κ3) is 4.93. The van der Waals surface area contributed by atoms with Gasteiger partial charge in [-0.15, -0.1) is 0 Å². The van der Waals surface area contributed by atoms with Gasteiger partial charge in [-0.1, -0.05) is 23.7 Å². The molecule has 0 fully saturated rings. The minimum Gasteiger partial charge on any atom is -0.483 e. The van der Waals surface area contributed by atoms with Crippen LogP contribution in [0.1, 0.15) is 21.5 Å². The van der Waals surface area contributed by atoms with Gasteiger partial charge in [-0.2, -0.15) is 0 Å². The summed E-state index contributed by atoms with van der Waals surface area (Å²) in [5, 5.41) is 11.1. The molecule has 0 heterocycles. The molecule has 0 aromatic heterocycles. The average Bonchev–Trinajstić information content (AvgIpc) is 2.60. The molecule has 0 saturated heterocycles. The second kappa shape index (κ2) is 8.30. The van der Waals surface area contributed by atoms with Gasteiger partial charge in [0, 0.05) is 11.1 Å². The highest BCUT2D eigenvalue weighted by molar-refractivity contribution is 6.31. The Kier molecular flexibility index (Phi) is 6.13. The Morgan fingerprint density at radius 1 is 1.15 bits per heavy atom. The van der Waals surface area contributed by atoms with Crippen LogP contribution in [0, 0.1) is 24.0 Å². The largest absolute Gasteiger partial charge is 0.483 e. The number of benzene rings is 2. The fourth-order valence-corrected chi connectivity index (χ4v) is 2.26. The summed E-state index contributed by atoms with van der Waals surface area (Å²) in [6.07, 6.45) is 0. The summed E-state index contributed by atoms with van der Waals surface area (Å²) >= 11 is 5.76. The Morgan fingerprint density at radius 3 is 2.58 bits per heavy atom. The van der Waals surface area contributed by atoms with Crippen molar-refractivity contribution in [3.63, 3.8) is 0 Å². The molecule has 2 N–H and O–H groups in total. The van der Waals surface area contributed by atoms with E-state index in [2.05, 4.69) is 10.9 Å². The Balaban J connectivity index is 1.95. The summed E-state index contributed by atoms with van der Waals surface area (Å²) in [6, 6.07) is 9.13. The maximum Gasteiger partial charge on any atom is 0.282 e. The summed E-state index contributed by atoms with van der Waals surface area (Å²) < 4.78 is 5.41. The van der Waals surface area contributed by atoms with Gasteiger partial charge in [-0.25, -0.2) is 0 Å². The van der Waals surface area contributed by atoms with E-state index >= 15 is 0 Å². The Bertz CT molecular complexity index is 869. The molecule has 2 aromatic rings. The van der Waals surface area contributed by atoms with Crippen molar-refractivity contribution in [2.24, 2.45) is 0 Å². The van der Waals surface area contributed by atoms with Crippen molar-refractivity contribution < 1.29 is 19.2 Å². The zero-order chi connectivity index (χ0) is 19.3. The number of nitro benzene ring substituents is 1. The molecule has 0 bridgehead atoms. The van der Waals surface area contributed by atoms with Crippen LogP contribution in [0.3, 0.4) is 0 Å². The number of carbonyl (C=O) groups excluding carboxylic acids is 2. The summed E-state index contributed by atoms with van der Waals surface area (Å²) in [7, 11) is 0. The van der Waals surface area contributed by atoms with Crippen LogP contribution in [-0.4, -0.2) is 23.3 Å². The molecule has 0 atom stereocenters. The van der Waals surface area contributed by atoms with Gasteiger partial charge in [0.05, 0.1) is 4.92 Å². The number of rotatable bonds is 5. The van der Waals surface area contributed by atoms with Crippen molar-refractivity contribution in [2.75, 3.05) is 6.61 Å². The summed E-state index contributed by atoms with van der Waals surface area (Å²) in [5.41, 5.74) is 5.40. The van der Waals surface area contributed by atoms with Crippen molar-refractivity contribution in [3.05, 3.63) is 68.2 Å². The number of aryl methyl sites for hydroxylation is 2. The van der Waals surface area contributed by atoms with E-state index in [-0.39, 0.29) is 17.2 Å². The van der Waals surface area contributed by atoms with Crippen LogP contribution in [0.15, 0.2) is 36.4 Å². The average molecular weight is 378 g/mol. The minimum atomic E-state index is -0.862. The molecule has 0 aliphatic carbocycles. The number of amides is 2. The lowest BCUT2D eigenvalue weighted by Crippen LogP contribution is -2.44. The molecule has 0 aliphatic rings. The van der Waals surface area contributed by atoms with Gasteiger partial charge >= 0.3 is 0 Å². The zero-order valence-corrected chi connectivity index (χ0v) is 14.8. The van der Waals surface area contributed by atoms with E-state index in [1.165, 1.54) is 6.07 Å². The van der Waals surface area contributed by atoms with E-state index in [9.17, 15) is 19.7 Å². The molecule has 2 aromatic carbocycles. The lowest BCUT2D eigenvalue weighted by atomic mass is 10.1. The number of nitro groups is 1. The van der Waals surface area contributed by atoms with Crippen molar-refractivity contribution in [1.82, 2.24) is 10.9 Å². The highest BCUT2D eigenvalue weighted by Gasteiger charge is 2.21. The molecule has 0 aliphatic heterocycles. The first-order valence-corrected chi connectivity index (χ1v) is 7.89. The number of hydrazine groups is 1. The van der Waals surface area contributed by atoms with E-state index in [4.69, 9.17) is 16.3 Å². The Labute approximate surface area is 154 Å². The molecular weight excluding hydrogens is 362 g/mol. The standard InChI is InChI=1S/C17H16ClN3O5/c1-10-3-4-11(2)15(7-10)26-9-16(22)19-20-17(23)13-8-12(18)5-6-14(13)21(24)25/h3-8H,9H2,1-2H3,(H,19,22)(H,20,23). The SMILES string of the molecule is Cc1ccc(C)c(OCC(=O)NNC(=O)c2cc(Cl)ccc2[N+](=O)[O-])c1. The second-order valence-corrected chi connectivity index (χ2v) is 5.91. The third-order valence-electron chi connectivity index (χ3n) is 3.42. The minimum absolute atomic E-state index is 0.158. The van der Waals surface area contributed by atoms with Crippen LogP contribution in [-0.2, 0) is 4.79 Å². The number of carbonyl (C=O) groups is 2. The number of nitrogens with zero attached hydrogens (tertiary/aromatic N) is 1. The van der Waals surface area contributed by atoms with Gasteiger partial charge < -0.3 is 4.74 Å². The lowest BCUT2D eigenvalue weighted by Gasteiger charge is -2.11. The highest BCUT2D eigenvalue weighted by atomic mass is 35.5. The number of hydrogen-bond donors (Lipinski definition) is 2. The first-order chi connectivity index (χ1) is 12.3. The smallest absolute Gasteiger partial charge is 0.282 e. The van der Waals surface area contributed by atoms with Gasteiger partial charge in [-0.3, -0.25) is 30.6 Å². The van der Waals surface area contributed by atoms with Crippen molar-refractivity contribution in [3.8, 4) is 5.75 Å². The quantitative estimate of drug-likeness (QED) is 0.614. The Morgan fingerprint density at radius 2 is 1.88 bits per heavy atom. The molecule has 26 heavy (non-hydrogen) atoms. The molecule has 2 rings (SSSR count). The predicted octanol–water partition coefficient (Wildman–Crippen LogP) is 2.71. The molecule has 0 saturated carbocycles. The maximum absolute atomic E-state index is 12.1. The van der Waals surface area contributed by atoms with E-state index in [1.807, 2.05) is 26.0 Å². The van der Waals surface area contributed by atoms with Crippen molar-refractivity contribution in [1.29, 1.82) is 0 Å². The zero-order valence-electron chi connectivity index (χ0n) is 14.0. The fourth-order valence-electron chi connectivity index (χ4n) is 2.09. The molecule has 136 valence electrons. The number of ether oxygens (including phenoxy) is 1. The molecule has 0 radical (unpaired) electrons. The van der Waals surface area contributed by atoms with Gasteiger partial charge in [-0.05, 0) is 43.2 Å². The van der Waals surface area contributed by atoms with E-state index < -0.39 is 22.4 Å². The van der Waals surface area contributed by atoms with Crippen molar-refractivity contribution in [2.45, 2.75) is 13.8 Å². The maximum atomic E-state index is 12.1. The molecule has 9 heteroatoms. The number of hydrogen-bond acceptors (Lipinski definition) is 5. The first-order valence-electron chi connectivity index (χ1n) is 7.51. The normalized spacial score (nSPS) is 10.1. The first kappa shape index (κ1) is 19.2. The van der Waals surface area contributed by atoms with E-state index in [0.717, 1.165) is 23.3 Å². The molecular formula is C17H16ClN3O5. The Hall–Kier alpha value is -3.13. The predicted molar refractivity (Wildman–Crippen MR) is 95.1 cm³/mol. The summed E-state index contributed by atoms with van der Waals surface area (Å²) in [4.78, 5) is 34.2. The summed E-state index contributed by atoms with van der Waals surface area (Å²) in [6.45, 7) is 3.40. The number of halogens is 1. The molecule has 0 spiro atoms.